The van der Waals surface area contributed by atoms with E-state index in [0.29, 0.717) is 0 Å². The lowest BCUT2D eigenvalue weighted by Gasteiger charge is -2.33. The van der Waals surface area contributed by atoms with E-state index in [2.05, 4.69) is 20.2 Å². The molecule has 0 unspecified atom stereocenters. The average Bonchev–Trinajstić information content (AvgIpc) is 2.56. The highest BCUT2D eigenvalue weighted by Gasteiger charge is 2.21. The monoisotopic (exact) mass is 296 g/mol. The molecule has 0 radical (unpaired) electrons. The van der Waals surface area contributed by atoms with Gasteiger partial charge in [0.05, 0.1) is 0 Å². The second kappa shape index (κ2) is 6.56. The summed E-state index contributed by atoms with van der Waals surface area (Å²) in [4.78, 5) is 23.0. The average molecular weight is 296 g/mol. The summed E-state index contributed by atoms with van der Waals surface area (Å²) in [5.74, 6) is 1.77. The number of nitrogens with one attached hydrogen (secondary N) is 1. The Balaban J connectivity index is 1.55. The van der Waals surface area contributed by atoms with E-state index in [-0.39, 0.29) is 11.9 Å². The highest BCUT2D eigenvalue weighted by atomic mass is 16.1. The number of hydrogen-bond donors (Lipinski definition) is 1. The molecule has 0 aliphatic carbocycles. The van der Waals surface area contributed by atoms with Gasteiger partial charge in [-0.2, -0.15) is 0 Å². The minimum Gasteiger partial charge on any atom is -0.356 e. The summed E-state index contributed by atoms with van der Waals surface area (Å²) in [5.41, 5.74) is 0.719. The molecule has 0 spiro atoms. The van der Waals surface area contributed by atoms with Crippen LogP contribution in [0.15, 0.2) is 42.6 Å². The van der Waals surface area contributed by atoms with Crippen LogP contribution in [-0.2, 0) is 0 Å². The molecule has 1 aromatic carbocycles. The number of aryl methyl sites for hydroxylation is 1. The molecule has 1 aliphatic rings. The van der Waals surface area contributed by atoms with Crippen molar-refractivity contribution in [2.75, 3.05) is 18.0 Å². The van der Waals surface area contributed by atoms with Crippen LogP contribution in [0.4, 0.5) is 5.82 Å². The lowest BCUT2D eigenvalue weighted by Crippen LogP contribution is -2.45. The zero-order valence-electron chi connectivity index (χ0n) is 12.7. The molecule has 22 heavy (non-hydrogen) atoms. The maximum absolute atomic E-state index is 12.2. The number of hydrogen-bond acceptors (Lipinski definition) is 4. The fourth-order valence-electron chi connectivity index (χ4n) is 2.73. The third kappa shape index (κ3) is 3.42. The van der Waals surface area contributed by atoms with E-state index in [1.165, 1.54) is 0 Å². The molecule has 3 rings (SSSR count). The lowest BCUT2D eigenvalue weighted by atomic mass is 10.0. The second-order valence-corrected chi connectivity index (χ2v) is 5.56. The molecule has 114 valence electrons. The largest absolute Gasteiger partial charge is 0.356 e. The van der Waals surface area contributed by atoms with Gasteiger partial charge in [-0.25, -0.2) is 9.97 Å². The van der Waals surface area contributed by atoms with Crippen LogP contribution in [0.25, 0.3) is 0 Å². The molecular weight excluding hydrogens is 276 g/mol. The highest BCUT2D eigenvalue weighted by Crippen LogP contribution is 2.17. The van der Waals surface area contributed by atoms with Crippen LogP contribution in [0.2, 0.25) is 0 Å². The molecule has 5 nitrogen and oxygen atoms in total. The number of piperidine rings is 1. The first-order valence-electron chi connectivity index (χ1n) is 7.63. The maximum atomic E-state index is 12.2. The summed E-state index contributed by atoms with van der Waals surface area (Å²) in [5, 5.41) is 3.12. The number of nitrogens with zero attached hydrogens (tertiary/aromatic N) is 3. The zero-order chi connectivity index (χ0) is 15.4. The summed E-state index contributed by atoms with van der Waals surface area (Å²) in [6.07, 6.45) is 3.66. The molecule has 1 aromatic heterocycles. The first-order valence-corrected chi connectivity index (χ1v) is 7.63. The molecule has 5 heteroatoms. The fraction of sp³-hybridized carbons (Fsp3) is 0.353. The summed E-state index contributed by atoms with van der Waals surface area (Å²) in [6.45, 7) is 3.70. The first-order chi connectivity index (χ1) is 10.7. The van der Waals surface area contributed by atoms with E-state index >= 15 is 0 Å². The van der Waals surface area contributed by atoms with Crippen LogP contribution in [0.1, 0.15) is 29.0 Å². The molecule has 1 amide bonds. The molecular formula is C17H20N4O. The normalized spacial score (nSPS) is 15.6. The summed E-state index contributed by atoms with van der Waals surface area (Å²) >= 11 is 0. The van der Waals surface area contributed by atoms with E-state index in [9.17, 15) is 4.79 Å². The van der Waals surface area contributed by atoms with Crippen molar-refractivity contribution in [2.24, 2.45) is 0 Å². The van der Waals surface area contributed by atoms with Gasteiger partial charge in [-0.3, -0.25) is 4.79 Å². The molecule has 2 heterocycles. The summed E-state index contributed by atoms with van der Waals surface area (Å²) in [7, 11) is 0. The van der Waals surface area contributed by atoms with Crippen molar-refractivity contribution in [1.29, 1.82) is 0 Å². The van der Waals surface area contributed by atoms with Crippen molar-refractivity contribution in [1.82, 2.24) is 15.3 Å². The Bertz CT molecular complexity index is 636. The Morgan fingerprint density at radius 1 is 1.18 bits per heavy atom. The Morgan fingerprint density at radius 2 is 1.91 bits per heavy atom. The van der Waals surface area contributed by atoms with Gasteiger partial charge in [-0.1, -0.05) is 18.2 Å². The molecule has 1 N–H and O–H groups in total. The van der Waals surface area contributed by atoms with Gasteiger partial charge in [-0.15, -0.1) is 0 Å². The van der Waals surface area contributed by atoms with Crippen molar-refractivity contribution in [3.8, 4) is 0 Å². The Morgan fingerprint density at radius 3 is 2.59 bits per heavy atom. The van der Waals surface area contributed by atoms with Gasteiger partial charge in [0.2, 0.25) is 0 Å². The molecule has 0 bridgehead atoms. The SMILES string of the molecule is Cc1nccc(N2CCC(NC(=O)c3ccccc3)CC2)n1. The summed E-state index contributed by atoms with van der Waals surface area (Å²) in [6, 6.07) is 11.5. The number of amides is 1. The van der Waals surface area contributed by atoms with Crippen molar-refractivity contribution in [2.45, 2.75) is 25.8 Å². The molecule has 1 saturated heterocycles. The van der Waals surface area contributed by atoms with Crippen molar-refractivity contribution in [3.05, 3.63) is 54.0 Å². The van der Waals surface area contributed by atoms with E-state index < -0.39 is 0 Å². The molecule has 0 saturated carbocycles. The van der Waals surface area contributed by atoms with Crippen LogP contribution in [0, 0.1) is 6.92 Å². The quantitative estimate of drug-likeness (QED) is 0.943. The minimum absolute atomic E-state index is 0.0110. The topological polar surface area (TPSA) is 58.1 Å². The van der Waals surface area contributed by atoms with Gasteiger partial charge in [0.15, 0.2) is 0 Å². The highest BCUT2D eigenvalue weighted by molar-refractivity contribution is 5.94. The Kier molecular flexibility index (Phi) is 4.32. The van der Waals surface area contributed by atoms with Gasteiger partial charge in [0, 0.05) is 30.9 Å². The van der Waals surface area contributed by atoms with Crippen molar-refractivity contribution < 1.29 is 4.79 Å². The first kappa shape index (κ1) is 14.5. The molecule has 1 aliphatic heterocycles. The lowest BCUT2D eigenvalue weighted by molar-refractivity contribution is 0.0931. The zero-order valence-corrected chi connectivity index (χ0v) is 12.7. The van der Waals surface area contributed by atoms with Gasteiger partial charge in [0.1, 0.15) is 11.6 Å². The van der Waals surface area contributed by atoms with E-state index in [4.69, 9.17) is 0 Å². The Labute approximate surface area is 130 Å². The standard InChI is InChI=1S/C17H20N4O/c1-13-18-10-7-16(19-13)21-11-8-15(9-12-21)20-17(22)14-5-3-2-4-6-14/h2-7,10,15H,8-9,11-12H2,1H3,(H,20,22). The van der Waals surface area contributed by atoms with Gasteiger partial charge < -0.3 is 10.2 Å². The maximum Gasteiger partial charge on any atom is 0.251 e. The van der Waals surface area contributed by atoms with Crippen molar-refractivity contribution in [3.63, 3.8) is 0 Å². The predicted molar refractivity (Wildman–Crippen MR) is 85.9 cm³/mol. The third-order valence-electron chi connectivity index (χ3n) is 3.95. The van der Waals surface area contributed by atoms with E-state index in [0.717, 1.165) is 43.1 Å². The summed E-state index contributed by atoms with van der Waals surface area (Å²) < 4.78 is 0. The van der Waals surface area contributed by atoms with Gasteiger partial charge in [-0.05, 0) is 38.0 Å². The third-order valence-corrected chi connectivity index (χ3v) is 3.95. The fourth-order valence-corrected chi connectivity index (χ4v) is 2.73. The van der Waals surface area contributed by atoms with Crippen LogP contribution in [0.5, 0.6) is 0 Å². The second-order valence-electron chi connectivity index (χ2n) is 5.56. The molecule has 1 fully saturated rings. The van der Waals surface area contributed by atoms with E-state index in [1.807, 2.05) is 43.3 Å². The number of carbonyl (C=O) groups is 1. The number of rotatable bonds is 3. The van der Waals surface area contributed by atoms with Crippen LogP contribution >= 0.6 is 0 Å². The molecule has 2 aromatic rings. The number of anilines is 1. The van der Waals surface area contributed by atoms with Crippen LogP contribution in [0.3, 0.4) is 0 Å². The number of aromatic nitrogens is 2. The van der Waals surface area contributed by atoms with Crippen LogP contribution in [-0.4, -0.2) is 35.0 Å². The van der Waals surface area contributed by atoms with Gasteiger partial charge >= 0.3 is 0 Å². The van der Waals surface area contributed by atoms with E-state index in [1.54, 1.807) is 6.20 Å². The smallest absolute Gasteiger partial charge is 0.251 e. The predicted octanol–water partition coefficient (Wildman–Crippen LogP) is 2.18. The van der Waals surface area contributed by atoms with Crippen molar-refractivity contribution >= 4 is 11.7 Å². The minimum atomic E-state index is 0.0110. The molecule has 0 atom stereocenters. The Hall–Kier alpha value is -2.43. The van der Waals surface area contributed by atoms with Crippen LogP contribution < -0.4 is 10.2 Å². The number of carbonyl (C=O) groups excluding carboxylic acids is 1. The van der Waals surface area contributed by atoms with Gasteiger partial charge in [0.25, 0.3) is 5.91 Å². The number of benzene rings is 1.